The Bertz CT molecular complexity index is 673. The second kappa shape index (κ2) is 7.90. The zero-order valence-electron chi connectivity index (χ0n) is 14.5. The van der Waals surface area contributed by atoms with Crippen molar-refractivity contribution < 1.29 is 27.6 Å². The number of piperazine rings is 1. The summed E-state index contributed by atoms with van der Waals surface area (Å²) in [4.78, 5) is 25.8. The van der Waals surface area contributed by atoms with Crippen molar-refractivity contribution in [3.8, 4) is 0 Å². The highest BCUT2D eigenvalue weighted by molar-refractivity contribution is 5.77. The SMILES string of the molecule is COC(C)CC(=O)N1CCN(c2ccc(C(F)(F)F)cc2[N+](=O)[O-])CC1. The van der Waals surface area contributed by atoms with E-state index in [1.54, 1.807) is 16.7 Å². The van der Waals surface area contributed by atoms with Crippen LogP contribution >= 0.6 is 0 Å². The van der Waals surface area contributed by atoms with Crippen molar-refractivity contribution in [1.29, 1.82) is 0 Å². The Kier molecular flexibility index (Phi) is 6.06. The van der Waals surface area contributed by atoms with Crippen LogP contribution in [0, 0.1) is 10.1 Å². The zero-order valence-corrected chi connectivity index (χ0v) is 14.5. The fraction of sp³-hybridized carbons (Fsp3) is 0.562. The minimum absolute atomic E-state index is 0.0825. The molecule has 1 fully saturated rings. The normalized spacial score (nSPS) is 16.5. The highest BCUT2D eigenvalue weighted by Gasteiger charge is 2.34. The van der Waals surface area contributed by atoms with Gasteiger partial charge in [-0.25, -0.2) is 0 Å². The van der Waals surface area contributed by atoms with Crippen molar-refractivity contribution in [2.45, 2.75) is 25.6 Å². The molecular weight excluding hydrogens is 355 g/mol. The van der Waals surface area contributed by atoms with E-state index in [4.69, 9.17) is 4.74 Å². The first-order valence-corrected chi connectivity index (χ1v) is 8.04. The number of nitro benzene ring substituents is 1. The minimum Gasteiger partial charge on any atom is -0.381 e. The number of nitro groups is 1. The molecular formula is C16H20F3N3O4. The number of anilines is 1. The average molecular weight is 375 g/mol. The number of halogens is 3. The molecule has 1 aliphatic rings. The van der Waals surface area contributed by atoms with Gasteiger partial charge < -0.3 is 14.5 Å². The van der Waals surface area contributed by atoms with E-state index in [0.29, 0.717) is 32.2 Å². The molecule has 10 heteroatoms. The monoisotopic (exact) mass is 375 g/mol. The van der Waals surface area contributed by atoms with Crippen LogP contribution in [0.5, 0.6) is 0 Å². The predicted octanol–water partition coefficient (Wildman–Crippen LogP) is 2.69. The number of carbonyl (C=O) groups is 1. The summed E-state index contributed by atoms with van der Waals surface area (Å²) in [5.74, 6) is -0.0825. The summed E-state index contributed by atoms with van der Waals surface area (Å²) in [5, 5.41) is 11.2. The number of ether oxygens (including phenoxy) is 1. The number of methoxy groups -OCH3 is 1. The Hall–Kier alpha value is -2.36. The molecule has 1 saturated heterocycles. The van der Waals surface area contributed by atoms with E-state index < -0.39 is 22.4 Å². The standard InChI is InChI=1S/C16H20F3N3O4/c1-11(26-2)9-15(23)21-7-5-20(6-8-21)13-4-3-12(16(17,18)19)10-14(13)22(24)25/h3-4,10-11H,5-9H2,1-2H3. The molecule has 1 atom stereocenters. The third-order valence-corrected chi connectivity index (χ3v) is 4.34. The van der Waals surface area contributed by atoms with Crippen LogP contribution in [0.15, 0.2) is 18.2 Å². The van der Waals surface area contributed by atoms with Gasteiger partial charge in [-0.2, -0.15) is 13.2 Å². The molecule has 0 radical (unpaired) electrons. The summed E-state index contributed by atoms with van der Waals surface area (Å²) >= 11 is 0. The fourth-order valence-corrected chi connectivity index (χ4v) is 2.77. The molecule has 2 rings (SSSR count). The van der Waals surface area contributed by atoms with Crippen molar-refractivity contribution in [3.63, 3.8) is 0 Å². The summed E-state index contributed by atoms with van der Waals surface area (Å²) in [5.41, 5.74) is -1.52. The molecule has 0 spiro atoms. The van der Waals surface area contributed by atoms with E-state index in [9.17, 15) is 28.1 Å². The van der Waals surface area contributed by atoms with Gasteiger partial charge in [0.1, 0.15) is 5.69 Å². The third kappa shape index (κ3) is 4.63. The van der Waals surface area contributed by atoms with Crippen LogP contribution in [0.3, 0.4) is 0 Å². The average Bonchev–Trinajstić information content (AvgIpc) is 2.60. The van der Waals surface area contributed by atoms with Gasteiger partial charge in [-0.05, 0) is 19.1 Å². The van der Waals surface area contributed by atoms with Gasteiger partial charge in [0.05, 0.1) is 23.0 Å². The Morgan fingerprint density at radius 3 is 2.42 bits per heavy atom. The van der Waals surface area contributed by atoms with Gasteiger partial charge in [-0.3, -0.25) is 14.9 Å². The summed E-state index contributed by atoms with van der Waals surface area (Å²) in [6.07, 6.45) is -4.62. The largest absolute Gasteiger partial charge is 0.416 e. The van der Waals surface area contributed by atoms with Crippen molar-refractivity contribution in [2.24, 2.45) is 0 Å². The van der Waals surface area contributed by atoms with Crippen LogP contribution in [0.1, 0.15) is 18.9 Å². The molecule has 1 aromatic rings. The predicted molar refractivity (Wildman–Crippen MR) is 88.0 cm³/mol. The Morgan fingerprint density at radius 1 is 1.31 bits per heavy atom. The number of rotatable bonds is 5. The maximum Gasteiger partial charge on any atom is 0.416 e. The number of carbonyl (C=O) groups excluding carboxylic acids is 1. The Balaban J connectivity index is 2.11. The van der Waals surface area contributed by atoms with Crippen LogP contribution in [-0.4, -0.2) is 55.1 Å². The van der Waals surface area contributed by atoms with Crippen LogP contribution in [0.4, 0.5) is 24.5 Å². The molecule has 0 N–H and O–H groups in total. The van der Waals surface area contributed by atoms with E-state index in [-0.39, 0.29) is 24.1 Å². The quantitative estimate of drug-likeness (QED) is 0.584. The highest BCUT2D eigenvalue weighted by atomic mass is 19.4. The van der Waals surface area contributed by atoms with Crippen molar-refractivity contribution in [1.82, 2.24) is 4.90 Å². The molecule has 0 bridgehead atoms. The number of amides is 1. The summed E-state index contributed by atoms with van der Waals surface area (Å²) in [6.45, 7) is 3.07. The molecule has 1 aliphatic heterocycles. The van der Waals surface area contributed by atoms with Crippen LogP contribution in [0.2, 0.25) is 0 Å². The van der Waals surface area contributed by atoms with Gasteiger partial charge in [0.25, 0.3) is 5.69 Å². The maximum absolute atomic E-state index is 12.8. The highest BCUT2D eigenvalue weighted by Crippen LogP contribution is 2.36. The van der Waals surface area contributed by atoms with E-state index in [2.05, 4.69) is 0 Å². The van der Waals surface area contributed by atoms with Crippen molar-refractivity contribution in [3.05, 3.63) is 33.9 Å². The zero-order chi connectivity index (χ0) is 19.5. The van der Waals surface area contributed by atoms with Gasteiger partial charge >= 0.3 is 6.18 Å². The lowest BCUT2D eigenvalue weighted by atomic mass is 10.1. The number of alkyl halides is 3. The first-order chi connectivity index (χ1) is 12.1. The van der Waals surface area contributed by atoms with Gasteiger partial charge in [-0.1, -0.05) is 0 Å². The topological polar surface area (TPSA) is 75.9 Å². The number of hydrogen-bond acceptors (Lipinski definition) is 5. The first-order valence-electron chi connectivity index (χ1n) is 8.04. The van der Waals surface area contributed by atoms with Gasteiger partial charge in [0.15, 0.2) is 0 Å². The number of hydrogen-bond donors (Lipinski definition) is 0. The maximum atomic E-state index is 12.8. The lowest BCUT2D eigenvalue weighted by Crippen LogP contribution is -2.49. The van der Waals surface area contributed by atoms with E-state index in [1.807, 2.05) is 0 Å². The van der Waals surface area contributed by atoms with E-state index >= 15 is 0 Å². The summed E-state index contributed by atoms with van der Waals surface area (Å²) in [7, 11) is 1.51. The molecule has 1 aromatic carbocycles. The molecule has 0 aliphatic carbocycles. The lowest BCUT2D eigenvalue weighted by molar-refractivity contribution is -0.384. The van der Waals surface area contributed by atoms with Crippen molar-refractivity contribution in [2.75, 3.05) is 38.2 Å². The summed E-state index contributed by atoms with van der Waals surface area (Å²) in [6, 6.07) is 2.50. The van der Waals surface area contributed by atoms with Gasteiger partial charge in [0, 0.05) is 39.4 Å². The van der Waals surface area contributed by atoms with E-state index in [1.165, 1.54) is 7.11 Å². The molecule has 144 valence electrons. The molecule has 0 aromatic heterocycles. The molecule has 0 saturated carbocycles. The first kappa shape index (κ1) is 20.0. The van der Waals surface area contributed by atoms with Crippen LogP contribution in [-0.2, 0) is 15.7 Å². The van der Waals surface area contributed by atoms with Crippen molar-refractivity contribution >= 4 is 17.3 Å². The molecule has 1 heterocycles. The number of benzene rings is 1. The lowest BCUT2D eigenvalue weighted by Gasteiger charge is -2.36. The Labute approximate surface area is 148 Å². The van der Waals surface area contributed by atoms with Crippen LogP contribution in [0.25, 0.3) is 0 Å². The van der Waals surface area contributed by atoms with Crippen LogP contribution < -0.4 is 4.90 Å². The molecule has 26 heavy (non-hydrogen) atoms. The smallest absolute Gasteiger partial charge is 0.381 e. The second-order valence-electron chi connectivity index (χ2n) is 6.08. The molecule has 1 unspecified atom stereocenters. The molecule has 7 nitrogen and oxygen atoms in total. The van der Waals surface area contributed by atoms with Gasteiger partial charge in [0.2, 0.25) is 5.91 Å². The van der Waals surface area contributed by atoms with Gasteiger partial charge in [-0.15, -0.1) is 0 Å². The number of nitrogens with zero attached hydrogens (tertiary/aromatic N) is 3. The molecule has 1 amide bonds. The summed E-state index contributed by atoms with van der Waals surface area (Å²) < 4.78 is 43.4. The second-order valence-corrected chi connectivity index (χ2v) is 6.08. The fourth-order valence-electron chi connectivity index (χ4n) is 2.77. The van der Waals surface area contributed by atoms with E-state index in [0.717, 1.165) is 12.1 Å². The Morgan fingerprint density at radius 2 is 1.92 bits per heavy atom. The minimum atomic E-state index is -4.65. The third-order valence-electron chi connectivity index (χ3n) is 4.34.